The van der Waals surface area contributed by atoms with Gasteiger partial charge in [-0.2, -0.15) is 0 Å². The minimum Gasteiger partial charge on any atom is -0.497 e. The standard InChI is InChI=1S/C16H16INO2S/c1-20-15-4-2-3-12(9-15)10-21-11-16(19)18-14-7-5-13(17)6-8-14/h2-9H,10-11H2,1H3,(H,18,19). The zero-order valence-corrected chi connectivity index (χ0v) is 14.6. The fraction of sp³-hybridized carbons (Fsp3) is 0.188. The normalized spacial score (nSPS) is 10.2. The van der Waals surface area contributed by atoms with Gasteiger partial charge in [0.15, 0.2) is 0 Å². The minimum atomic E-state index is 0.0177. The van der Waals surface area contributed by atoms with Crippen molar-refractivity contribution < 1.29 is 9.53 Å². The van der Waals surface area contributed by atoms with Crippen LogP contribution in [0, 0.1) is 3.57 Å². The lowest BCUT2D eigenvalue weighted by molar-refractivity contribution is -0.113. The van der Waals surface area contributed by atoms with Crippen molar-refractivity contribution in [3.63, 3.8) is 0 Å². The van der Waals surface area contributed by atoms with Crippen LogP contribution in [0.5, 0.6) is 5.75 Å². The van der Waals surface area contributed by atoms with Gasteiger partial charge in [-0.3, -0.25) is 4.79 Å². The van der Waals surface area contributed by atoms with Gasteiger partial charge in [0.2, 0.25) is 5.91 Å². The predicted molar refractivity (Wildman–Crippen MR) is 96.9 cm³/mol. The van der Waals surface area contributed by atoms with E-state index >= 15 is 0 Å². The van der Waals surface area contributed by atoms with E-state index in [0.29, 0.717) is 5.75 Å². The average molecular weight is 413 g/mol. The summed E-state index contributed by atoms with van der Waals surface area (Å²) in [6.07, 6.45) is 0. The van der Waals surface area contributed by atoms with Crippen molar-refractivity contribution in [2.24, 2.45) is 0 Å². The van der Waals surface area contributed by atoms with Gasteiger partial charge in [-0.25, -0.2) is 0 Å². The molecule has 2 aromatic rings. The summed E-state index contributed by atoms with van der Waals surface area (Å²) in [7, 11) is 1.65. The number of rotatable bonds is 6. The molecule has 0 aliphatic carbocycles. The molecule has 0 fully saturated rings. The molecule has 0 spiro atoms. The first-order valence-electron chi connectivity index (χ1n) is 6.43. The van der Waals surface area contributed by atoms with Crippen LogP contribution in [0.25, 0.3) is 0 Å². The van der Waals surface area contributed by atoms with Crippen LogP contribution in [0.4, 0.5) is 5.69 Å². The van der Waals surface area contributed by atoms with Crippen molar-refractivity contribution in [3.05, 3.63) is 57.7 Å². The molecular formula is C16H16INO2S. The van der Waals surface area contributed by atoms with Gasteiger partial charge in [-0.1, -0.05) is 12.1 Å². The second kappa shape index (κ2) is 8.29. The van der Waals surface area contributed by atoms with Crippen LogP contribution in [0.2, 0.25) is 0 Å². The van der Waals surface area contributed by atoms with Gasteiger partial charge in [-0.15, -0.1) is 11.8 Å². The third kappa shape index (κ3) is 5.59. The van der Waals surface area contributed by atoms with E-state index in [0.717, 1.165) is 26.3 Å². The molecule has 0 saturated heterocycles. The Kier molecular flexibility index (Phi) is 6.38. The topological polar surface area (TPSA) is 38.3 Å². The summed E-state index contributed by atoms with van der Waals surface area (Å²) in [4.78, 5) is 11.9. The molecule has 0 heterocycles. The van der Waals surface area contributed by atoms with E-state index in [1.165, 1.54) is 0 Å². The first kappa shape index (κ1) is 16.2. The molecule has 5 heteroatoms. The third-order valence-electron chi connectivity index (χ3n) is 2.76. The van der Waals surface area contributed by atoms with Crippen molar-refractivity contribution in [2.75, 3.05) is 18.2 Å². The number of halogens is 1. The summed E-state index contributed by atoms with van der Waals surface area (Å²) in [5, 5.41) is 2.89. The summed E-state index contributed by atoms with van der Waals surface area (Å²) in [5.41, 5.74) is 1.99. The zero-order valence-electron chi connectivity index (χ0n) is 11.6. The number of benzene rings is 2. The van der Waals surface area contributed by atoms with Gasteiger partial charge in [0.05, 0.1) is 12.9 Å². The maximum Gasteiger partial charge on any atom is 0.234 e. The number of hydrogen-bond donors (Lipinski definition) is 1. The van der Waals surface area contributed by atoms with Gasteiger partial charge in [0, 0.05) is 15.0 Å². The molecule has 110 valence electrons. The highest BCUT2D eigenvalue weighted by Crippen LogP contribution is 2.18. The minimum absolute atomic E-state index is 0.0177. The Bertz CT molecular complexity index is 601. The average Bonchev–Trinajstić information content (AvgIpc) is 2.50. The monoisotopic (exact) mass is 413 g/mol. The third-order valence-corrected chi connectivity index (χ3v) is 4.49. The van der Waals surface area contributed by atoms with Gasteiger partial charge in [0.1, 0.15) is 5.75 Å². The van der Waals surface area contributed by atoms with Gasteiger partial charge in [-0.05, 0) is 64.6 Å². The van der Waals surface area contributed by atoms with Crippen molar-refractivity contribution in [1.29, 1.82) is 0 Å². The molecule has 0 aliphatic rings. The molecule has 0 aromatic heterocycles. The molecule has 0 bridgehead atoms. The number of methoxy groups -OCH3 is 1. The first-order chi connectivity index (χ1) is 10.2. The number of ether oxygens (including phenoxy) is 1. The highest BCUT2D eigenvalue weighted by atomic mass is 127. The van der Waals surface area contributed by atoms with Gasteiger partial charge in [0.25, 0.3) is 0 Å². The smallest absolute Gasteiger partial charge is 0.234 e. The van der Waals surface area contributed by atoms with E-state index < -0.39 is 0 Å². The van der Waals surface area contributed by atoms with E-state index in [9.17, 15) is 4.79 Å². The van der Waals surface area contributed by atoms with E-state index in [-0.39, 0.29) is 5.91 Å². The largest absolute Gasteiger partial charge is 0.497 e. The highest BCUT2D eigenvalue weighted by Gasteiger charge is 2.03. The molecule has 0 aliphatic heterocycles. The summed E-state index contributed by atoms with van der Waals surface area (Å²) in [6, 6.07) is 15.7. The maximum atomic E-state index is 11.9. The summed E-state index contributed by atoms with van der Waals surface area (Å²) in [5.74, 6) is 2.08. The van der Waals surface area contributed by atoms with Crippen LogP contribution in [0.3, 0.4) is 0 Å². The van der Waals surface area contributed by atoms with Crippen molar-refractivity contribution in [1.82, 2.24) is 0 Å². The molecule has 0 unspecified atom stereocenters. The van der Waals surface area contributed by atoms with E-state index in [4.69, 9.17) is 4.74 Å². The molecule has 3 nitrogen and oxygen atoms in total. The highest BCUT2D eigenvalue weighted by molar-refractivity contribution is 14.1. The molecule has 0 radical (unpaired) electrons. The fourth-order valence-corrected chi connectivity index (χ4v) is 2.89. The second-order valence-electron chi connectivity index (χ2n) is 4.40. The summed E-state index contributed by atoms with van der Waals surface area (Å²) < 4.78 is 6.33. The quantitative estimate of drug-likeness (QED) is 0.723. The molecule has 0 saturated carbocycles. The molecule has 2 rings (SSSR count). The molecule has 0 atom stereocenters. The fourth-order valence-electron chi connectivity index (χ4n) is 1.75. The Hall–Kier alpha value is -1.21. The van der Waals surface area contributed by atoms with Crippen LogP contribution in [-0.2, 0) is 10.5 Å². The number of carbonyl (C=O) groups is 1. The maximum absolute atomic E-state index is 11.9. The van der Waals surface area contributed by atoms with Gasteiger partial charge >= 0.3 is 0 Å². The number of anilines is 1. The summed E-state index contributed by atoms with van der Waals surface area (Å²) in [6.45, 7) is 0. The van der Waals surface area contributed by atoms with Crippen molar-refractivity contribution >= 4 is 45.9 Å². The number of nitrogens with one attached hydrogen (secondary N) is 1. The second-order valence-corrected chi connectivity index (χ2v) is 6.63. The van der Waals surface area contributed by atoms with Gasteiger partial charge < -0.3 is 10.1 Å². The van der Waals surface area contributed by atoms with E-state index in [1.54, 1.807) is 18.9 Å². The predicted octanol–water partition coefficient (Wildman–Crippen LogP) is 4.17. The number of carbonyl (C=O) groups excluding carboxylic acids is 1. The van der Waals surface area contributed by atoms with Crippen molar-refractivity contribution in [3.8, 4) is 5.75 Å². The lowest BCUT2D eigenvalue weighted by atomic mass is 10.2. The first-order valence-corrected chi connectivity index (χ1v) is 8.67. The Labute approximate surface area is 142 Å². The Morgan fingerprint density at radius 2 is 2.00 bits per heavy atom. The van der Waals surface area contributed by atoms with Crippen LogP contribution in [0.1, 0.15) is 5.56 Å². The molecule has 1 N–H and O–H groups in total. The molecule has 2 aromatic carbocycles. The number of hydrogen-bond acceptors (Lipinski definition) is 3. The lowest BCUT2D eigenvalue weighted by Gasteiger charge is -2.06. The number of amides is 1. The van der Waals surface area contributed by atoms with Crippen LogP contribution in [-0.4, -0.2) is 18.8 Å². The lowest BCUT2D eigenvalue weighted by Crippen LogP contribution is -2.14. The number of thioether (sulfide) groups is 1. The van der Waals surface area contributed by atoms with E-state index in [1.807, 2.05) is 48.5 Å². The van der Waals surface area contributed by atoms with Crippen LogP contribution >= 0.6 is 34.4 Å². The van der Waals surface area contributed by atoms with Crippen LogP contribution < -0.4 is 10.1 Å². The molecule has 21 heavy (non-hydrogen) atoms. The SMILES string of the molecule is COc1cccc(CSCC(=O)Nc2ccc(I)cc2)c1. The Morgan fingerprint density at radius 1 is 1.24 bits per heavy atom. The summed E-state index contributed by atoms with van der Waals surface area (Å²) >= 11 is 3.82. The molecule has 1 amide bonds. The molecular weight excluding hydrogens is 397 g/mol. The zero-order chi connectivity index (χ0) is 15.1. The van der Waals surface area contributed by atoms with Crippen LogP contribution in [0.15, 0.2) is 48.5 Å². The van der Waals surface area contributed by atoms with E-state index in [2.05, 4.69) is 27.9 Å². The Balaban J connectivity index is 1.77. The van der Waals surface area contributed by atoms with Crippen molar-refractivity contribution in [2.45, 2.75) is 5.75 Å². The Morgan fingerprint density at radius 3 is 2.71 bits per heavy atom.